The van der Waals surface area contributed by atoms with E-state index in [9.17, 15) is 28.2 Å². The van der Waals surface area contributed by atoms with Crippen molar-refractivity contribution in [2.45, 2.75) is 17.4 Å². The highest BCUT2D eigenvalue weighted by atomic mass is 32.2. The van der Waals surface area contributed by atoms with Crippen molar-refractivity contribution in [1.29, 1.82) is 0 Å². The van der Waals surface area contributed by atoms with Crippen LogP contribution in [0.1, 0.15) is 23.6 Å². The van der Waals surface area contributed by atoms with Gasteiger partial charge in [0.25, 0.3) is 11.7 Å². The molecule has 0 aliphatic carbocycles. The lowest BCUT2D eigenvalue weighted by Gasteiger charge is -2.25. The Morgan fingerprint density at radius 3 is 2.31 bits per heavy atom. The lowest BCUT2D eigenvalue weighted by molar-refractivity contribution is -0.140. The van der Waals surface area contributed by atoms with E-state index in [0.29, 0.717) is 18.6 Å². The van der Waals surface area contributed by atoms with Crippen LogP contribution in [0.15, 0.2) is 52.9 Å². The van der Waals surface area contributed by atoms with Crippen molar-refractivity contribution < 1.29 is 37.7 Å². The molecular formula is C24H28N2O8S. The number of amides is 1. The fraction of sp³-hybridized carbons (Fsp3) is 0.333. The number of ether oxygens (including phenoxy) is 2. The molecule has 1 aliphatic heterocycles. The third-order valence-electron chi connectivity index (χ3n) is 5.71. The van der Waals surface area contributed by atoms with Gasteiger partial charge in [-0.1, -0.05) is 6.07 Å². The molecule has 11 heteroatoms. The number of Topliss-reactive ketones (excluding diaryl/α,β-unsaturated/α-hetero) is 1. The lowest BCUT2D eigenvalue weighted by Crippen LogP contribution is -2.31. The van der Waals surface area contributed by atoms with E-state index in [1.807, 2.05) is 0 Å². The van der Waals surface area contributed by atoms with Crippen LogP contribution in [0.4, 0.5) is 0 Å². The van der Waals surface area contributed by atoms with Crippen molar-refractivity contribution in [3.8, 4) is 11.5 Å². The lowest BCUT2D eigenvalue weighted by atomic mass is 9.95. The monoisotopic (exact) mass is 504 g/mol. The quantitative estimate of drug-likeness (QED) is 0.230. The average Bonchev–Trinajstić information content (AvgIpc) is 3.09. The molecule has 1 fully saturated rings. The molecule has 2 aromatic rings. The van der Waals surface area contributed by atoms with Crippen LogP contribution in [0.5, 0.6) is 11.5 Å². The number of hydrogen-bond acceptors (Lipinski definition) is 8. The van der Waals surface area contributed by atoms with E-state index < -0.39 is 33.5 Å². The van der Waals surface area contributed by atoms with Gasteiger partial charge >= 0.3 is 0 Å². The zero-order chi connectivity index (χ0) is 25.9. The second-order valence-electron chi connectivity index (χ2n) is 8.08. The van der Waals surface area contributed by atoms with Gasteiger partial charge in [-0.25, -0.2) is 12.7 Å². The van der Waals surface area contributed by atoms with Gasteiger partial charge in [-0.3, -0.25) is 9.59 Å². The Labute approximate surface area is 204 Å². The van der Waals surface area contributed by atoms with Gasteiger partial charge in [-0.05, 0) is 48.4 Å². The molecule has 1 amide bonds. The van der Waals surface area contributed by atoms with Crippen LogP contribution in [-0.2, 0) is 24.3 Å². The maximum atomic E-state index is 13.1. The number of likely N-dealkylation sites (tertiary alicyclic amines) is 1. The first-order valence-electron chi connectivity index (χ1n) is 10.7. The first kappa shape index (κ1) is 26.2. The van der Waals surface area contributed by atoms with Crippen molar-refractivity contribution in [3.63, 3.8) is 0 Å². The van der Waals surface area contributed by atoms with Crippen LogP contribution < -0.4 is 4.74 Å². The third kappa shape index (κ3) is 5.02. The number of rotatable bonds is 9. The molecule has 1 unspecified atom stereocenters. The van der Waals surface area contributed by atoms with E-state index in [4.69, 9.17) is 9.47 Å². The maximum Gasteiger partial charge on any atom is 0.295 e. The Hall–Kier alpha value is -3.41. The number of aliphatic hydroxyl groups is 1. The molecule has 3 rings (SSSR count). The molecule has 0 aromatic heterocycles. The highest BCUT2D eigenvalue weighted by Gasteiger charge is 2.46. The number of hydrogen-bond donors (Lipinski definition) is 2. The molecule has 188 valence electrons. The van der Waals surface area contributed by atoms with Gasteiger partial charge in [0.1, 0.15) is 5.76 Å². The third-order valence-corrected chi connectivity index (χ3v) is 7.54. The summed E-state index contributed by atoms with van der Waals surface area (Å²) in [6, 6.07) is 8.84. The van der Waals surface area contributed by atoms with Crippen molar-refractivity contribution in [3.05, 3.63) is 59.2 Å². The van der Waals surface area contributed by atoms with Crippen LogP contribution >= 0.6 is 0 Å². The summed E-state index contributed by atoms with van der Waals surface area (Å²) in [5.41, 5.74) is 0.473. The summed E-state index contributed by atoms with van der Waals surface area (Å²) in [7, 11) is 2.01. The molecule has 1 aliphatic rings. The summed E-state index contributed by atoms with van der Waals surface area (Å²) in [6.07, 6.45) is 0.451. The second kappa shape index (κ2) is 10.5. The number of aromatic hydroxyl groups is 1. The van der Waals surface area contributed by atoms with Gasteiger partial charge in [0, 0.05) is 39.9 Å². The van der Waals surface area contributed by atoms with E-state index in [2.05, 4.69) is 0 Å². The highest BCUT2D eigenvalue weighted by Crippen LogP contribution is 2.41. The molecule has 0 radical (unpaired) electrons. The average molecular weight is 505 g/mol. The minimum Gasteiger partial charge on any atom is -0.507 e. The second-order valence-corrected chi connectivity index (χ2v) is 10.2. The van der Waals surface area contributed by atoms with Crippen molar-refractivity contribution in [1.82, 2.24) is 9.21 Å². The number of benzene rings is 2. The van der Waals surface area contributed by atoms with Crippen LogP contribution in [0, 0.1) is 0 Å². The number of methoxy groups -OCH3 is 2. The molecule has 1 atom stereocenters. The van der Waals surface area contributed by atoms with Gasteiger partial charge < -0.3 is 24.6 Å². The number of sulfonamides is 1. The van der Waals surface area contributed by atoms with E-state index in [1.54, 1.807) is 0 Å². The van der Waals surface area contributed by atoms with Gasteiger partial charge in [0.05, 0.1) is 23.6 Å². The van der Waals surface area contributed by atoms with E-state index in [-0.39, 0.29) is 34.1 Å². The summed E-state index contributed by atoms with van der Waals surface area (Å²) in [4.78, 5) is 27.3. The van der Waals surface area contributed by atoms with Crippen LogP contribution in [-0.4, -0.2) is 81.0 Å². The zero-order valence-electron chi connectivity index (χ0n) is 19.9. The standard InChI is InChI=1S/C24H28N2O8S/c1-25(2)35(31,32)17-9-6-15(7-10-17)22(28)20-21(16-8-11-18(27)19(14-16)34-4)26(12-5-13-33-3)24(30)23(20)29/h6-11,14,21,27-28H,5,12-13H2,1-4H3/b22-20+. The van der Waals surface area contributed by atoms with Crippen LogP contribution in [0.2, 0.25) is 0 Å². The first-order valence-corrected chi connectivity index (χ1v) is 12.2. The SMILES string of the molecule is COCCCN1C(=O)C(=O)/C(=C(/O)c2ccc(S(=O)(=O)N(C)C)cc2)C1c1ccc(O)c(OC)c1. The largest absolute Gasteiger partial charge is 0.507 e. The predicted molar refractivity (Wildman–Crippen MR) is 127 cm³/mol. The topological polar surface area (TPSA) is 134 Å². The fourth-order valence-electron chi connectivity index (χ4n) is 3.85. The summed E-state index contributed by atoms with van der Waals surface area (Å²) >= 11 is 0. The smallest absolute Gasteiger partial charge is 0.295 e. The highest BCUT2D eigenvalue weighted by molar-refractivity contribution is 7.89. The number of nitrogens with zero attached hydrogens (tertiary/aromatic N) is 2. The minimum atomic E-state index is -3.69. The molecule has 0 saturated carbocycles. The molecule has 2 N–H and O–H groups in total. The van der Waals surface area contributed by atoms with Gasteiger partial charge in [-0.15, -0.1) is 0 Å². The Morgan fingerprint density at radius 1 is 1.09 bits per heavy atom. The van der Waals surface area contributed by atoms with Crippen molar-refractivity contribution in [2.75, 3.05) is 41.5 Å². The fourth-order valence-corrected chi connectivity index (χ4v) is 4.75. The summed E-state index contributed by atoms with van der Waals surface area (Å²) in [5, 5.41) is 21.1. The molecule has 1 heterocycles. The molecule has 35 heavy (non-hydrogen) atoms. The first-order chi connectivity index (χ1) is 16.5. The summed E-state index contributed by atoms with van der Waals surface area (Å²) in [5.74, 6) is -2.08. The Kier molecular flexibility index (Phi) is 7.83. The van der Waals surface area contributed by atoms with Gasteiger partial charge in [0.15, 0.2) is 11.5 Å². The number of carbonyl (C=O) groups excluding carboxylic acids is 2. The minimum absolute atomic E-state index is 0.0129. The van der Waals surface area contributed by atoms with E-state index in [0.717, 1.165) is 4.31 Å². The molecule has 0 bridgehead atoms. The Balaban J connectivity index is 2.14. The molecule has 1 saturated heterocycles. The predicted octanol–water partition coefficient (Wildman–Crippen LogP) is 2.11. The van der Waals surface area contributed by atoms with E-state index in [1.165, 1.54) is 75.7 Å². The zero-order valence-corrected chi connectivity index (χ0v) is 20.7. The molecule has 0 spiro atoms. The maximum absolute atomic E-state index is 13.1. The van der Waals surface area contributed by atoms with Gasteiger partial charge in [0.2, 0.25) is 10.0 Å². The molecule has 10 nitrogen and oxygen atoms in total. The van der Waals surface area contributed by atoms with E-state index >= 15 is 0 Å². The number of phenols is 1. The van der Waals surface area contributed by atoms with Crippen LogP contribution in [0.3, 0.4) is 0 Å². The van der Waals surface area contributed by atoms with Crippen molar-refractivity contribution in [2.24, 2.45) is 0 Å². The normalized spacial score (nSPS) is 17.9. The number of ketones is 1. The number of aliphatic hydroxyl groups excluding tert-OH is 1. The summed E-state index contributed by atoms with van der Waals surface area (Å²) < 4.78 is 36.0. The number of carbonyl (C=O) groups is 2. The number of phenolic OH excluding ortho intramolecular Hbond substituents is 1. The Morgan fingerprint density at radius 2 is 1.74 bits per heavy atom. The van der Waals surface area contributed by atoms with Crippen molar-refractivity contribution >= 4 is 27.5 Å². The van der Waals surface area contributed by atoms with Gasteiger partial charge in [-0.2, -0.15) is 0 Å². The van der Waals surface area contributed by atoms with Crippen LogP contribution in [0.25, 0.3) is 5.76 Å². The molecule has 2 aromatic carbocycles. The molecular weight excluding hydrogens is 476 g/mol. The summed E-state index contributed by atoms with van der Waals surface area (Å²) in [6.45, 7) is 0.541. The Bertz CT molecular complexity index is 1250.